The van der Waals surface area contributed by atoms with Gasteiger partial charge in [-0.1, -0.05) is 23.8 Å². The third-order valence-corrected chi connectivity index (χ3v) is 6.80. The molecule has 1 heterocycles. The number of benzene rings is 2. The van der Waals surface area contributed by atoms with Gasteiger partial charge in [0, 0.05) is 31.7 Å². The van der Waals surface area contributed by atoms with Gasteiger partial charge >= 0.3 is 0 Å². The number of aryl methyl sites for hydroxylation is 3. The maximum atomic E-state index is 12.9. The summed E-state index contributed by atoms with van der Waals surface area (Å²) in [5.41, 5.74) is 3.71. The van der Waals surface area contributed by atoms with Crippen LogP contribution in [0.5, 0.6) is 0 Å². The monoisotopic (exact) mass is 372 g/mol. The first kappa shape index (κ1) is 18.6. The number of amides is 1. The van der Waals surface area contributed by atoms with Gasteiger partial charge in [-0.25, -0.2) is 8.42 Å². The highest BCUT2D eigenvalue weighted by Crippen LogP contribution is 2.21. The number of carbonyl (C=O) groups is 1. The van der Waals surface area contributed by atoms with Crippen LogP contribution in [-0.4, -0.2) is 49.7 Å². The number of carbonyl (C=O) groups excluding carboxylic acids is 1. The predicted molar refractivity (Wildman–Crippen MR) is 102 cm³/mol. The molecule has 1 amide bonds. The molecule has 0 atom stereocenters. The second-order valence-electron chi connectivity index (χ2n) is 6.81. The largest absolute Gasteiger partial charge is 0.336 e. The van der Waals surface area contributed by atoms with Crippen molar-refractivity contribution in [2.45, 2.75) is 25.7 Å². The second kappa shape index (κ2) is 7.21. The number of nitrogens with zero attached hydrogens (tertiary/aromatic N) is 2. The average Bonchev–Trinajstić information content (AvgIpc) is 2.63. The van der Waals surface area contributed by atoms with E-state index in [1.165, 1.54) is 4.31 Å². The molecule has 6 heteroatoms. The van der Waals surface area contributed by atoms with Gasteiger partial charge in [0.1, 0.15) is 0 Å². The molecule has 0 spiro atoms. The van der Waals surface area contributed by atoms with Gasteiger partial charge in [0.05, 0.1) is 4.90 Å². The molecule has 26 heavy (non-hydrogen) atoms. The fourth-order valence-electron chi connectivity index (χ4n) is 3.12. The van der Waals surface area contributed by atoms with Gasteiger partial charge < -0.3 is 4.90 Å². The molecule has 1 saturated heterocycles. The molecule has 0 aliphatic carbocycles. The lowest BCUT2D eigenvalue weighted by molar-refractivity contribution is 0.0698. The summed E-state index contributed by atoms with van der Waals surface area (Å²) in [5.74, 6) is -0.0445. The van der Waals surface area contributed by atoms with Crippen molar-refractivity contribution < 1.29 is 13.2 Å². The molecule has 0 N–H and O–H groups in total. The van der Waals surface area contributed by atoms with Crippen molar-refractivity contribution in [1.29, 1.82) is 0 Å². The molecule has 1 fully saturated rings. The van der Waals surface area contributed by atoms with Gasteiger partial charge in [0.25, 0.3) is 5.91 Å². The Kier molecular flexibility index (Phi) is 5.16. The normalized spacial score (nSPS) is 15.9. The van der Waals surface area contributed by atoms with Crippen LogP contribution in [0.1, 0.15) is 27.0 Å². The van der Waals surface area contributed by atoms with Crippen LogP contribution in [0.3, 0.4) is 0 Å². The van der Waals surface area contributed by atoms with Gasteiger partial charge in [-0.2, -0.15) is 4.31 Å². The Labute approximate surface area is 155 Å². The highest BCUT2D eigenvalue weighted by molar-refractivity contribution is 7.89. The van der Waals surface area contributed by atoms with Crippen LogP contribution in [0, 0.1) is 20.8 Å². The lowest BCUT2D eigenvalue weighted by Gasteiger charge is -2.34. The van der Waals surface area contributed by atoms with E-state index >= 15 is 0 Å². The van der Waals surface area contributed by atoms with E-state index in [9.17, 15) is 13.2 Å². The number of rotatable bonds is 3. The number of hydrogen-bond acceptors (Lipinski definition) is 3. The molecule has 1 aliphatic heterocycles. The first-order valence-electron chi connectivity index (χ1n) is 8.72. The van der Waals surface area contributed by atoms with Gasteiger partial charge in [-0.3, -0.25) is 4.79 Å². The van der Waals surface area contributed by atoms with E-state index in [2.05, 4.69) is 0 Å². The average molecular weight is 372 g/mol. The third kappa shape index (κ3) is 3.66. The lowest BCUT2D eigenvalue weighted by Crippen LogP contribution is -2.50. The van der Waals surface area contributed by atoms with E-state index in [1.807, 2.05) is 45.0 Å². The van der Waals surface area contributed by atoms with E-state index in [1.54, 1.807) is 23.1 Å². The summed E-state index contributed by atoms with van der Waals surface area (Å²) >= 11 is 0. The Morgan fingerprint density at radius 1 is 0.885 bits per heavy atom. The van der Waals surface area contributed by atoms with Gasteiger partial charge in [-0.15, -0.1) is 0 Å². The summed E-state index contributed by atoms with van der Waals surface area (Å²) in [5, 5.41) is 0. The first-order valence-corrected chi connectivity index (χ1v) is 10.2. The Morgan fingerprint density at radius 3 is 2.19 bits per heavy atom. The van der Waals surface area contributed by atoms with Crippen LogP contribution < -0.4 is 0 Å². The fraction of sp³-hybridized carbons (Fsp3) is 0.350. The van der Waals surface area contributed by atoms with Crippen molar-refractivity contribution in [3.63, 3.8) is 0 Å². The number of hydrogen-bond donors (Lipinski definition) is 0. The van der Waals surface area contributed by atoms with Gasteiger partial charge in [0.15, 0.2) is 0 Å². The summed E-state index contributed by atoms with van der Waals surface area (Å²) < 4.78 is 27.2. The van der Waals surface area contributed by atoms with Crippen LogP contribution in [0.15, 0.2) is 47.4 Å². The molecule has 0 saturated carbocycles. The summed E-state index contributed by atoms with van der Waals surface area (Å²) in [6, 6.07) is 12.7. The molecule has 0 aromatic heterocycles. The van der Waals surface area contributed by atoms with Crippen molar-refractivity contribution in [3.05, 3.63) is 64.7 Å². The molecule has 2 aromatic carbocycles. The van der Waals surface area contributed by atoms with E-state index in [0.717, 1.165) is 16.7 Å². The first-order chi connectivity index (χ1) is 12.3. The molecular formula is C20H24N2O3S. The molecule has 0 unspecified atom stereocenters. The van der Waals surface area contributed by atoms with Gasteiger partial charge in [0.2, 0.25) is 10.0 Å². The zero-order valence-electron chi connectivity index (χ0n) is 15.4. The lowest BCUT2D eigenvalue weighted by atomic mass is 10.1. The van der Waals surface area contributed by atoms with Crippen molar-refractivity contribution in [2.75, 3.05) is 26.2 Å². The fourth-order valence-corrected chi connectivity index (χ4v) is 4.62. The SMILES string of the molecule is Cc1cccc(C(=O)N2CCN(S(=O)(=O)c3ccc(C)c(C)c3)CC2)c1. The highest BCUT2D eigenvalue weighted by Gasteiger charge is 2.30. The molecule has 0 radical (unpaired) electrons. The Morgan fingerprint density at radius 2 is 1.58 bits per heavy atom. The summed E-state index contributed by atoms with van der Waals surface area (Å²) in [4.78, 5) is 14.7. The van der Waals surface area contributed by atoms with Crippen LogP contribution in [0.25, 0.3) is 0 Å². The maximum absolute atomic E-state index is 12.9. The summed E-state index contributed by atoms with van der Waals surface area (Å²) in [7, 11) is -3.53. The molecule has 138 valence electrons. The van der Waals surface area contributed by atoms with Crippen LogP contribution in [-0.2, 0) is 10.0 Å². The molecule has 5 nitrogen and oxygen atoms in total. The van der Waals surface area contributed by atoms with Crippen LogP contribution in [0.2, 0.25) is 0 Å². The van der Waals surface area contributed by atoms with Gasteiger partial charge in [-0.05, 0) is 56.2 Å². The highest BCUT2D eigenvalue weighted by atomic mass is 32.2. The van der Waals surface area contributed by atoms with E-state index in [0.29, 0.717) is 36.6 Å². The number of piperazine rings is 1. The minimum Gasteiger partial charge on any atom is -0.336 e. The topological polar surface area (TPSA) is 57.7 Å². The molecule has 1 aliphatic rings. The van der Waals surface area contributed by atoms with Crippen LogP contribution >= 0.6 is 0 Å². The summed E-state index contributed by atoms with van der Waals surface area (Å²) in [6.45, 7) is 7.24. The van der Waals surface area contributed by atoms with Crippen molar-refractivity contribution in [1.82, 2.24) is 9.21 Å². The van der Waals surface area contributed by atoms with Crippen LogP contribution in [0.4, 0.5) is 0 Å². The Bertz CT molecular complexity index is 930. The maximum Gasteiger partial charge on any atom is 0.253 e. The van der Waals surface area contributed by atoms with E-state index in [-0.39, 0.29) is 5.91 Å². The minimum atomic E-state index is -3.53. The van der Waals surface area contributed by atoms with Crippen molar-refractivity contribution >= 4 is 15.9 Å². The third-order valence-electron chi connectivity index (χ3n) is 4.91. The standard InChI is InChI=1S/C20H24N2O3S/c1-15-5-4-6-18(13-15)20(23)21-9-11-22(12-10-21)26(24,25)19-8-7-16(2)17(3)14-19/h4-8,13-14H,9-12H2,1-3H3. The Balaban J connectivity index is 1.71. The smallest absolute Gasteiger partial charge is 0.253 e. The summed E-state index contributed by atoms with van der Waals surface area (Å²) in [6.07, 6.45) is 0. The Hall–Kier alpha value is -2.18. The number of sulfonamides is 1. The quantitative estimate of drug-likeness (QED) is 0.832. The zero-order valence-corrected chi connectivity index (χ0v) is 16.2. The molecular weight excluding hydrogens is 348 g/mol. The van der Waals surface area contributed by atoms with Crippen molar-refractivity contribution in [2.24, 2.45) is 0 Å². The molecule has 3 rings (SSSR count). The van der Waals surface area contributed by atoms with Crippen molar-refractivity contribution in [3.8, 4) is 0 Å². The van der Waals surface area contributed by atoms with E-state index in [4.69, 9.17) is 0 Å². The predicted octanol–water partition coefficient (Wildman–Crippen LogP) is 2.76. The van der Waals surface area contributed by atoms with E-state index < -0.39 is 10.0 Å². The second-order valence-corrected chi connectivity index (χ2v) is 8.75. The zero-order chi connectivity index (χ0) is 18.9. The molecule has 2 aromatic rings. The molecule has 0 bridgehead atoms. The minimum absolute atomic E-state index is 0.0445.